The van der Waals surface area contributed by atoms with Gasteiger partial charge in [-0.15, -0.1) is 0 Å². The van der Waals surface area contributed by atoms with Gasteiger partial charge in [-0.2, -0.15) is 5.10 Å². The molecule has 0 heterocycles. The third kappa shape index (κ3) is 8.45. The number of rotatable bonds is 10. The number of carbonyl (C=O) groups is 2. The molecule has 0 radical (unpaired) electrons. The van der Waals surface area contributed by atoms with E-state index in [0.29, 0.717) is 11.5 Å². The lowest BCUT2D eigenvalue weighted by Crippen LogP contribution is -2.24. The minimum absolute atomic E-state index is 0.129. The third-order valence-electron chi connectivity index (χ3n) is 4.54. The van der Waals surface area contributed by atoms with E-state index in [1.807, 2.05) is 54.6 Å². The summed E-state index contributed by atoms with van der Waals surface area (Å²) in [7, 11) is 0. The molecule has 6 nitrogen and oxygen atoms in total. The Morgan fingerprint density at radius 2 is 1.58 bits per heavy atom. The van der Waals surface area contributed by atoms with Crippen molar-refractivity contribution in [3.05, 3.63) is 102 Å². The van der Waals surface area contributed by atoms with E-state index in [1.54, 1.807) is 30.3 Å². The maximum atomic E-state index is 11.9. The van der Waals surface area contributed by atoms with E-state index in [-0.39, 0.29) is 12.5 Å². The summed E-state index contributed by atoms with van der Waals surface area (Å²) in [6.07, 6.45) is 6.67. The quantitative estimate of drug-likeness (QED) is 0.161. The first-order chi connectivity index (χ1) is 16.1. The summed E-state index contributed by atoms with van der Waals surface area (Å²) < 4.78 is 10.7. The molecule has 0 unspecified atom stereocenters. The van der Waals surface area contributed by atoms with E-state index in [4.69, 9.17) is 9.47 Å². The number of ether oxygens (including phenoxy) is 2. The molecule has 3 aromatic rings. The van der Waals surface area contributed by atoms with Crippen molar-refractivity contribution in [3.63, 3.8) is 0 Å². The maximum Gasteiger partial charge on any atom is 0.336 e. The minimum atomic E-state index is -0.465. The zero-order chi connectivity index (χ0) is 23.3. The number of hydrazone groups is 1. The van der Waals surface area contributed by atoms with Crippen LogP contribution in [-0.2, 0) is 16.0 Å². The number of hydrogen-bond donors (Lipinski definition) is 1. The van der Waals surface area contributed by atoms with E-state index < -0.39 is 5.97 Å². The smallest absolute Gasteiger partial charge is 0.336 e. The molecule has 0 aromatic heterocycles. The van der Waals surface area contributed by atoms with Gasteiger partial charge in [0.05, 0.1) is 6.21 Å². The summed E-state index contributed by atoms with van der Waals surface area (Å²) >= 11 is 0. The molecule has 3 rings (SSSR count). The van der Waals surface area contributed by atoms with Crippen molar-refractivity contribution in [2.75, 3.05) is 6.61 Å². The van der Waals surface area contributed by atoms with Crippen molar-refractivity contribution in [1.82, 2.24) is 5.43 Å². The largest absolute Gasteiger partial charge is 0.484 e. The number of benzene rings is 3. The standard InChI is InChI=1S/C27H26N2O4/c1-2-6-21-9-14-24(15-10-21)32-20-26(30)29-28-19-23-11-16-25(17-12-23)33-27(31)18-13-22-7-4-3-5-8-22/h3-5,7-19H,2,6,20H2,1H3,(H,29,30)/b18-13+,28-19-. The van der Waals surface area contributed by atoms with Crippen LogP contribution in [0.25, 0.3) is 6.08 Å². The van der Waals surface area contributed by atoms with E-state index in [0.717, 1.165) is 24.0 Å². The Labute approximate surface area is 193 Å². The lowest BCUT2D eigenvalue weighted by atomic mass is 10.1. The van der Waals surface area contributed by atoms with Gasteiger partial charge >= 0.3 is 5.97 Å². The van der Waals surface area contributed by atoms with Crippen molar-refractivity contribution in [2.24, 2.45) is 5.10 Å². The van der Waals surface area contributed by atoms with Gasteiger partial charge in [-0.25, -0.2) is 10.2 Å². The molecule has 3 aromatic carbocycles. The first-order valence-electron chi connectivity index (χ1n) is 10.7. The van der Waals surface area contributed by atoms with Gasteiger partial charge in [-0.3, -0.25) is 4.79 Å². The Bertz CT molecular complexity index is 1090. The summed E-state index contributed by atoms with van der Waals surface area (Å²) in [6, 6.07) is 24.0. The number of nitrogens with zero attached hydrogens (tertiary/aromatic N) is 1. The van der Waals surface area contributed by atoms with Crippen LogP contribution in [0.4, 0.5) is 0 Å². The molecular formula is C27H26N2O4. The molecule has 33 heavy (non-hydrogen) atoms. The second-order valence-electron chi connectivity index (χ2n) is 7.21. The summed E-state index contributed by atoms with van der Waals surface area (Å²) in [5.74, 6) is 0.224. The first kappa shape index (κ1) is 23.5. The zero-order valence-corrected chi connectivity index (χ0v) is 18.4. The number of nitrogens with one attached hydrogen (secondary N) is 1. The van der Waals surface area contributed by atoms with E-state index in [2.05, 4.69) is 17.5 Å². The average molecular weight is 443 g/mol. The highest BCUT2D eigenvalue weighted by Gasteiger charge is 2.03. The summed E-state index contributed by atoms with van der Waals surface area (Å²) in [5, 5.41) is 3.92. The Kier molecular flexibility index (Phi) is 8.97. The summed E-state index contributed by atoms with van der Waals surface area (Å²) in [6.45, 7) is 2.00. The lowest BCUT2D eigenvalue weighted by Gasteiger charge is -2.06. The SMILES string of the molecule is CCCc1ccc(OCC(=O)N/N=C\c2ccc(OC(=O)/C=C/c3ccccc3)cc2)cc1. The van der Waals surface area contributed by atoms with Crippen LogP contribution in [0.15, 0.2) is 90.0 Å². The van der Waals surface area contributed by atoms with Crippen molar-refractivity contribution in [2.45, 2.75) is 19.8 Å². The van der Waals surface area contributed by atoms with Crippen LogP contribution >= 0.6 is 0 Å². The minimum Gasteiger partial charge on any atom is -0.484 e. The molecule has 0 fully saturated rings. The fourth-order valence-corrected chi connectivity index (χ4v) is 2.90. The second kappa shape index (κ2) is 12.6. The molecule has 0 aliphatic carbocycles. The van der Waals surface area contributed by atoms with Gasteiger partial charge in [0.2, 0.25) is 0 Å². The van der Waals surface area contributed by atoms with E-state index >= 15 is 0 Å². The highest BCUT2D eigenvalue weighted by atomic mass is 16.5. The van der Waals surface area contributed by atoms with E-state index in [9.17, 15) is 9.59 Å². The van der Waals surface area contributed by atoms with Gasteiger partial charge in [-0.1, -0.05) is 55.8 Å². The van der Waals surface area contributed by atoms with Crippen LogP contribution in [0, 0.1) is 0 Å². The molecule has 0 aliphatic heterocycles. The molecule has 1 N–H and O–H groups in total. The van der Waals surface area contributed by atoms with Crippen LogP contribution < -0.4 is 14.9 Å². The maximum absolute atomic E-state index is 11.9. The first-order valence-corrected chi connectivity index (χ1v) is 10.7. The van der Waals surface area contributed by atoms with Gasteiger partial charge < -0.3 is 9.47 Å². The van der Waals surface area contributed by atoms with Gasteiger partial charge in [-0.05, 0) is 65.6 Å². The van der Waals surface area contributed by atoms with Crippen LogP contribution in [0.5, 0.6) is 11.5 Å². The Morgan fingerprint density at radius 1 is 0.879 bits per heavy atom. The van der Waals surface area contributed by atoms with Gasteiger partial charge in [0.1, 0.15) is 11.5 Å². The van der Waals surface area contributed by atoms with Crippen molar-refractivity contribution >= 4 is 24.2 Å². The lowest BCUT2D eigenvalue weighted by molar-refractivity contribution is -0.129. The summed E-state index contributed by atoms with van der Waals surface area (Å²) in [4.78, 5) is 23.8. The molecule has 0 spiro atoms. The van der Waals surface area contributed by atoms with Gasteiger partial charge in [0.15, 0.2) is 6.61 Å². The molecule has 0 saturated heterocycles. The molecule has 0 atom stereocenters. The fraction of sp³-hybridized carbons (Fsp3) is 0.148. The average Bonchev–Trinajstić information content (AvgIpc) is 2.84. The predicted molar refractivity (Wildman–Crippen MR) is 129 cm³/mol. The Morgan fingerprint density at radius 3 is 2.27 bits per heavy atom. The highest BCUT2D eigenvalue weighted by molar-refractivity contribution is 5.89. The molecule has 0 bridgehead atoms. The van der Waals surface area contributed by atoms with Gasteiger partial charge in [0.25, 0.3) is 5.91 Å². The monoisotopic (exact) mass is 442 g/mol. The van der Waals surface area contributed by atoms with Gasteiger partial charge in [0, 0.05) is 6.08 Å². The number of carbonyl (C=O) groups excluding carboxylic acids is 2. The number of hydrogen-bond acceptors (Lipinski definition) is 5. The number of amides is 1. The fourth-order valence-electron chi connectivity index (χ4n) is 2.90. The molecule has 168 valence electrons. The molecule has 1 amide bonds. The van der Waals surface area contributed by atoms with Crippen molar-refractivity contribution < 1.29 is 19.1 Å². The van der Waals surface area contributed by atoms with E-state index in [1.165, 1.54) is 17.9 Å². The van der Waals surface area contributed by atoms with Crippen LogP contribution in [0.1, 0.15) is 30.0 Å². The number of aryl methyl sites for hydroxylation is 1. The molecule has 0 aliphatic rings. The normalized spacial score (nSPS) is 10.9. The Hall–Kier alpha value is -4.19. The second-order valence-corrected chi connectivity index (χ2v) is 7.21. The third-order valence-corrected chi connectivity index (χ3v) is 4.54. The topological polar surface area (TPSA) is 77.0 Å². The van der Waals surface area contributed by atoms with Crippen molar-refractivity contribution in [1.29, 1.82) is 0 Å². The zero-order valence-electron chi connectivity index (χ0n) is 18.4. The highest BCUT2D eigenvalue weighted by Crippen LogP contribution is 2.14. The predicted octanol–water partition coefficient (Wildman–Crippen LogP) is 4.79. The number of esters is 1. The van der Waals surface area contributed by atoms with Crippen LogP contribution in [0.2, 0.25) is 0 Å². The van der Waals surface area contributed by atoms with Crippen LogP contribution in [-0.4, -0.2) is 24.7 Å². The Balaban J connectivity index is 1.40. The summed E-state index contributed by atoms with van der Waals surface area (Å²) in [5.41, 5.74) is 5.32. The van der Waals surface area contributed by atoms with Crippen LogP contribution in [0.3, 0.4) is 0 Å². The molecule has 0 saturated carbocycles. The van der Waals surface area contributed by atoms with Crippen molar-refractivity contribution in [3.8, 4) is 11.5 Å². The molecular weight excluding hydrogens is 416 g/mol. The molecule has 6 heteroatoms.